The topological polar surface area (TPSA) is 49.3 Å². The van der Waals surface area contributed by atoms with Crippen LogP contribution in [0.15, 0.2) is 24.3 Å². The molecule has 1 aromatic rings. The summed E-state index contributed by atoms with van der Waals surface area (Å²) < 4.78 is 0. The van der Waals surface area contributed by atoms with E-state index in [9.17, 15) is 9.90 Å². The molecule has 22 heavy (non-hydrogen) atoms. The number of carbonyl (C=O) groups is 1. The fourth-order valence-electron chi connectivity index (χ4n) is 3.70. The number of rotatable bonds is 4. The molecule has 3 heteroatoms. The van der Waals surface area contributed by atoms with Gasteiger partial charge in [-0.2, -0.15) is 0 Å². The molecule has 1 amide bonds. The first kappa shape index (κ1) is 16.9. The number of nitrogens with one attached hydrogen (secondary N) is 1. The highest BCUT2D eigenvalue weighted by molar-refractivity contribution is 5.79. The monoisotopic (exact) mass is 303 g/mol. The second-order valence-corrected chi connectivity index (χ2v) is 7.26. The van der Waals surface area contributed by atoms with Crippen molar-refractivity contribution in [2.24, 2.45) is 23.7 Å². The number of benzene rings is 1. The van der Waals surface area contributed by atoms with Crippen LogP contribution >= 0.6 is 0 Å². The average molecular weight is 303 g/mol. The number of amides is 1. The summed E-state index contributed by atoms with van der Waals surface area (Å²) in [6.07, 6.45) is 3.37. The van der Waals surface area contributed by atoms with Gasteiger partial charge in [0.2, 0.25) is 5.91 Å². The van der Waals surface area contributed by atoms with Crippen LogP contribution in [0.25, 0.3) is 0 Å². The molecule has 0 bridgehead atoms. The van der Waals surface area contributed by atoms with Crippen LogP contribution in [0.4, 0.5) is 0 Å². The highest BCUT2D eigenvalue weighted by Crippen LogP contribution is 2.38. The summed E-state index contributed by atoms with van der Waals surface area (Å²) in [5.41, 5.74) is 0.943. The second kappa shape index (κ2) is 7.17. The van der Waals surface area contributed by atoms with Crippen molar-refractivity contribution >= 4 is 5.91 Å². The molecule has 0 aromatic heterocycles. The molecule has 0 spiro atoms. The fourth-order valence-corrected chi connectivity index (χ4v) is 3.70. The lowest BCUT2D eigenvalue weighted by atomic mass is 9.69. The Morgan fingerprint density at radius 3 is 2.64 bits per heavy atom. The van der Waals surface area contributed by atoms with E-state index in [4.69, 9.17) is 0 Å². The Kier molecular flexibility index (Phi) is 5.49. The number of hydrogen-bond donors (Lipinski definition) is 2. The number of phenols is 1. The van der Waals surface area contributed by atoms with Crippen molar-refractivity contribution in [3.05, 3.63) is 29.8 Å². The number of hydrogen-bond acceptors (Lipinski definition) is 2. The molecule has 1 saturated carbocycles. The lowest BCUT2D eigenvalue weighted by Gasteiger charge is -2.37. The van der Waals surface area contributed by atoms with Gasteiger partial charge < -0.3 is 10.4 Å². The van der Waals surface area contributed by atoms with Crippen molar-refractivity contribution in [3.8, 4) is 5.75 Å². The summed E-state index contributed by atoms with van der Waals surface area (Å²) in [6, 6.07) is 7.04. The molecule has 0 saturated heterocycles. The molecular weight excluding hydrogens is 274 g/mol. The Labute approximate surface area is 134 Å². The van der Waals surface area contributed by atoms with Crippen LogP contribution in [0.5, 0.6) is 5.75 Å². The number of aromatic hydroxyl groups is 1. The van der Waals surface area contributed by atoms with E-state index in [1.54, 1.807) is 12.1 Å². The van der Waals surface area contributed by atoms with Gasteiger partial charge in [0.15, 0.2) is 0 Å². The number of phenolic OH excluding ortho intramolecular Hbond substituents is 1. The maximum Gasteiger partial charge on any atom is 0.223 e. The van der Waals surface area contributed by atoms with Crippen LogP contribution in [0.3, 0.4) is 0 Å². The third-order valence-corrected chi connectivity index (χ3v) is 5.09. The van der Waals surface area contributed by atoms with Gasteiger partial charge in [0.1, 0.15) is 5.75 Å². The Balaban J connectivity index is 2.06. The smallest absolute Gasteiger partial charge is 0.223 e. The Bertz CT molecular complexity index is 512. The molecule has 122 valence electrons. The van der Waals surface area contributed by atoms with Crippen LogP contribution < -0.4 is 5.32 Å². The van der Waals surface area contributed by atoms with Gasteiger partial charge in [-0.3, -0.25) is 4.79 Å². The minimum absolute atomic E-state index is 0.0790. The van der Waals surface area contributed by atoms with E-state index >= 15 is 0 Å². The zero-order chi connectivity index (χ0) is 16.3. The molecule has 1 aliphatic rings. The van der Waals surface area contributed by atoms with Crippen molar-refractivity contribution in [2.45, 2.75) is 53.0 Å². The van der Waals surface area contributed by atoms with Gasteiger partial charge in [-0.25, -0.2) is 0 Å². The summed E-state index contributed by atoms with van der Waals surface area (Å²) in [5, 5.41) is 12.7. The summed E-state index contributed by atoms with van der Waals surface area (Å²) in [6.45, 7) is 8.66. The fraction of sp³-hybridized carbons (Fsp3) is 0.632. The predicted octanol–water partition coefficient (Wildman–Crippen LogP) is 4.28. The molecule has 4 atom stereocenters. The van der Waals surface area contributed by atoms with Crippen LogP contribution in [0.1, 0.15) is 58.6 Å². The van der Waals surface area contributed by atoms with Gasteiger partial charge in [-0.05, 0) is 55.2 Å². The van der Waals surface area contributed by atoms with Crippen LogP contribution in [0, 0.1) is 23.7 Å². The highest BCUT2D eigenvalue weighted by Gasteiger charge is 2.35. The normalized spacial score (nSPS) is 26.7. The molecule has 0 heterocycles. The zero-order valence-corrected chi connectivity index (χ0v) is 14.2. The minimum Gasteiger partial charge on any atom is -0.508 e. The lowest BCUT2D eigenvalue weighted by Crippen LogP contribution is -2.41. The van der Waals surface area contributed by atoms with Crippen LogP contribution in [-0.2, 0) is 4.79 Å². The van der Waals surface area contributed by atoms with Crippen molar-refractivity contribution in [1.29, 1.82) is 0 Å². The molecule has 4 unspecified atom stereocenters. The summed E-state index contributed by atoms with van der Waals surface area (Å²) in [4.78, 5) is 12.8. The van der Waals surface area contributed by atoms with Gasteiger partial charge in [-0.15, -0.1) is 0 Å². The van der Waals surface area contributed by atoms with Crippen molar-refractivity contribution in [1.82, 2.24) is 5.32 Å². The first-order valence-corrected chi connectivity index (χ1v) is 8.47. The maximum atomic E-state index is 12.8. The van der Waals surface area contributed by atoms with Crippen LogP contribution in [-0.4, -0.2) is 11.0 Å². The highest BCUT2D eigenvalue weighted by atomic mass is 16.3. The molecule has 3 nitrogen and oxygen atoms in total. The number of carbonyl (C=O) groups excluding carboxylic acids is 1. The molecule has 1 fully saturated rings. The Hall–Kier alpha value is -1.51. The van der Waals surface area contributed by atoms with E-state index in [0.29, 0.717) is 17.8 Å². The first-order valence-electron chi connectivity index (χ1n) is 8.47. The maximum absolute atomic E-state index is 12.8. The summed E-state index contributed by atoms with van der Waals surface area (Å²) in [5.74, 6) is 2.17. The summed E-state index contributed by atoms with van der Waals surface area (Å²) >= 11 is 0. The molecular formula is C19H29NO2. The van der Waals surface area contributed by atoms with Crippen molar-refractivity contribution in [2.75, 3.05) is 0 Å². The third-order valence-electron chi connectivity index (χ3n) is 5.09. The molecule has 2 N–H and O–H groups in total. The van der Waals surface area contributed by atoms with E-state index in [0.717, 1.165) is 18.4 Å². The van der Waals surface area contributed by atoms with Gasteiger partial charge in [0.25, 0.3) is 0 Å². The molecule has 1 aromatic carbocycles. The van der Waals surface area contributed by atoms with E-state index in [2.05, 4.69) is 26.1 Å². The third kappa shape index (κ3) is 4.02. The summed E-state index contributed by atoms with van der Waals surface area (Å²) in [7, 11) is 0. The standard InChI is InChI=1S/C19H29NO2/c1-12(2)17-9-8-13(3)10-18(17)19(22)20-14(4)15-6-5-7-16(21)11-15/h5-7,11-14,17-18,21H,8-10H2,1-4H3,(H,20,22). The lowest BCUT2D eigenvalue weighted by molar-refractivity contribution is -0.130. The Morgan fingerprint density at radius 1 is 1.27 bits per heavy atom. The van der Waals surface area contributed by atoms with Gasteiger partial charge in [0.05, 0.1) is 6.04 Å². The SMILES string of the molecule is CC1CCC(C(C)C)C(C(=O)NC(C)c2cccc(O)c2)C1. The van der Waals surface area contributed by atoms with E-state index in [1.165, 1.54) is 6.42 Å². The van der Waals surface area contributed by atoms with E-state index < -0.39 is 0 Å². The zero-order valence-electron chi connectivity index (χ0n) is 14.2. The average Bonchev–Trinajstić information content (AvgIpc) is 2.46. The van der Waals surface area contributed by atoms with Gasteiger partial charge in [-0.1, -0.05) is 39.3 Å². The Morgan fingerprint density at radius 2 is 2.00 bits per heavy atom. The quantitative estimate of drug-likeness (QED) is 0.872. The molecule has 2 rings (SSSR count). The molecule has 0 radical (unpaired) electrons. The van der Waals surface area contributed by atoms with Crippen molar-refractivity contribution < 1.29 is 9.90 Å². The first-order chi connectivity index (χ1) is 10.4. The second-order valence-electron chi connectivity index (χ2n) is 7.26. The van der Waals surface area contributed by atoms with Gasteiger partial charge in [0, 0.05) is 5.92 Å². The van der Waals surface area contributed by atoms with Crippen molar-refractivity contribution in [3.63, 3.8) is 0 Å². The van der Waals surface area contributed by atoms with E-state index in [1.807, 2.05) is 19.1 Å². The largest absolute Gasteiger partial charge is 0.508 e. The van der Waals surface area contributed by atoms with Gasteiger partial charge >= 0.3 is 0 Å². The minimum atomic E-state index is -0.0790. The predicted molar refractivity (Wildman–Crippen MR) is 89.5 cm³/mol. The molecule has 0 aliphatic heterocycles. The van der Waals surface area contributed by atoms with E-state index in [-0.39, 0.29) is 23.6 Å². The van der Waals surface area contributed by atoms with Crippen LogP contribution in [0.2, 0.25) is 0 Å². The molecule has 1 aliphatic carbocycles.